The van der Waals surface area contributed by atoms with Crippen LogP contribution in [-0.2, 0) is 11.3 Å². The number of amides is 1. The van der Waals surface area contributed by atoms with Gasteiger partial charge in [-0.15, -0.1) is 0 Å². The van der Waals surface area contributed by atoms with Gasteiger partial charge in [-0.3, -0.25) is 4.79 Å². The fraction of sp³-hybridized carbons (Fsp3) is 0.562. The Balaban J connectivity index is 1.72. The highest BCUT2D eigenvalue weighted by Gasteiger charge is 2.36. The molecule has 1 heterocycles. The van der Waals surface area contributed by atoms with Crippen molar-refractivity contribution in [3.8, 4) is 0 Å². The third kappa shape index (κ3) is 3.01. The lowest BCUT2D eigenvalue weighted by Gasteiger charge is -2.30. The Labute approximate surface area is 119 Å². The first-order valence-electron chi connectivity index (χ1n) is 7.50. The predicted molar refractivity (Wildman–Crippen MR) is 75.6 cm³/mol. The van der Waals surface area contributed by atoms with Crippen molar-refractivity contribution in [2.75, 3.05) is 13.1 Å². The molecule has 1 amide bonds. The molecule has 1 aliphatic carbocycles. The molecule has 1 N–H and O–H groups in total. The summed E-state index contributed by atoms with van der Waals surface area (Å²) in [7, 11) is 0. The van der Waals surface area contributed by atoms with Crippen LogP contribution in [0.15, 0.2) is 24.3 Å². The Hall–Kier alpha value is -1.42. The number of benzene rings is 1. The largest absolute Gasteiger partial charge is 0.335 e. The van der Waals surface area contributed by atoms with Crippen molar-refractivity contribution in [1.29, 1.82) is 0 Å². The normalized spacial score (nSPS) is 22.6. The lowest BCUT2D eigenvalue weighted by atomic mass is 9.97. The molecule has 1 saturated heterocycles. The lowest BCUT2D eigenvalue weighted by Crippen LogP contribution is -2.43. The van der Waals surface area contributed by atoms with Gasteiger partial charge in [0.1, 0.15) is 5.82 Å². The van der Waals surface area contributed by atoms with Crippen LogP contribution >= 0.6 is 0 Å². The molecule has 1 aromatic rings. The van der Waals surface area contributed by atoms with E-state index in [9.17, 15) is 9.18 Å². The van der Waals surface area contributed by atoms with Crippen molar-refractivity contribution < 1.29 is 9.18 Å². The number of halogens is 1. The van der Waals surface area contributed by atoms with Gasteiger partial charge in [-0.25, -0.2) is 4.39 Å². The maximum absolute atomic E-state index is 13.8. The lowest BCUT2D eigenvalue weighted by molar-refractivity contribution is -0.137. The molecule has 108 valence electrons. The molecule has 1 aromatic carbocycles. The highest BCUT2D eigenvalue weighted by atomic mass is 19.1. The minimum Gasteiger partial charge on any atom is -0.335 e. The number of nitrogens with one attached hydrogen (secondary N) is 1. The van der Waals surface area contributed by atoms with Crippen LogP contribution in [0.4, 0.5) is 4.39 Å². The number of hydrogen-bond donors (Lipinski definition) is 1. The zero-order chi connectivity index (χ0) is 13.9. The first kappa shape index (κ1) is 13.6. The van der Waals surface area contributed by atoms with E-state index in [4.69, 9.17) is 0 Å². The van der Waals surface area contributed by atoms with Gasteiger partial charge in [0.2, 0.25) is 5.91 Å². The maximum atomic E-state index is 13.8. The Morgan fingerprint density at radius 2 is 2.10 bits per heavy atom. The van der Waals surface area contributed by atoms with Gasteiger partial charge in [0, 0.05) is 24.7 Å². The van der Waals surface area contributed by atoms with Crippen LogP contribution in [-0.4, -0.2) is 29.9 Å². The number of rotatable bonds is 4. The van der Waals surface area contributed by atoms with Crippen LogP contribution in [0.25, 0.3) is 0 Å². The second-order valence-corrected chi connectivity index (χ2v) is 5.83. The Kier molecular flexibility index (Phi) is 4.01. The highest BCUT2D eigenvalue weighted by molar-refractivity contribution is 5.79. The molecular weight excluding hydrogens is 255 g/mol. The van der Waals surface area contributed by atoms with E-state index in [1.807, 2.05) is 11.0 Å². The number of hydrogen-bond acceptors (Lipinski definition) is 2. The van der Waals surface area contributed by atoms with Crippen molar-refractivity contribution >= 4 is 5.91 Å². The molecule has 3 nitrogen and oxygen atoms in total. The van der Waals surface area contributed by atoms with E-state index in [0.717, 1.165) is 38.8 Å². The van der Waals surface area contributed by atoms with E-state index in [1.54, 1.807) is 12.1 Å². The van der Waals surface area contributed by atoms with Crippen LogP contribution in [0.2, 0.25) is 0 Å². The summed E-state index contributed by atoms with van der Waals surface area (Å²) in [6, 6.07) is 7.08. The number of nitrogens with zero attached hydrogens (tertiary/aromatic N) is 1. The van der Waals surface area contributed by atoms with Gasteiger partial charge in [-0.1, -0.05) is 18.2 Å². The average molecular weight is 276 g/mol. The molecular formula is C16H21FN2O. The van der Waals surface area contributed by atoms with Crippen molar-refractivity contribution in [2.45, 2.75) is 38.3 Å². The van der Waals surface area contributed by atoms with Crippen LogP contribution in [0.1, 0.15) is 31.2 Å². The van der Waals surface area contributed by atoms with Gasteiger partial charge in [0.15, 0.2) is 0 Å². The summed E-state index contributed by atoms with van der Waals surface area (Å²) in [5, 5.41) is 3.28. The summed E-state index contributed by atoms with van der Waals surface area (Å²) in [4.78, 5) is 14.6. The van der Waals surface area contributed by atoms with E-state index in [2.05, 4.69) is 5.32 Å². The summed E-state index contributed by atoms with van der Waals surface area (Å²) in [5.41, 5.74) is 0.622. The number of piperidine rings is 1. The Bertz CT molecular complexity index is 481. The van der Waals surface area contributed by atoms with Gasteiger partial charge in [0.25, 0.3) is 0 Å². The molecule has 0 spiro atoms. The zero-order valence-corrected chi connectivity index (χ0v) is 11.6. The molecule has 0 bridgehead atoms. The van der Waals surface area contributed by atoms with E-state index in [-0.39, 0.29) is 17.6 Å². The summed E-state index contributed by atoms with van der Waals surface area (Å²) in [6.07, 6.45) is 4.11. The molecule has 2 fully saturated rings. The second kappa shape index (κ2) is 5.92. The van der Waals surface area contributed by atoms with Gasteiger partial charge < -0.3 is 10.2 Å². The predicted octanol–water partition coefficient (Wildman–Crippen LogP) is 2.32. The van der Waals surface area contributed by atoms with Gasteiger partial charge in [-0.2, -0.15) is 0 Å². The standard InChI is InChI=1S/C16H21FN2O/c17-15-6-2-1-4-13(15)11-19(14-7-8-14)16(20)12-5-3-9-18-10-12/h1-2,4,6,12,14,18H,3,5,7-11H2/t12-/m0/s1. The van der Waals surface area contributed by atoms with Crippen molar-refractivity contribution in [3.05, 3.63) is 35.6 Å². The summed E-state index contributed by atoms with van der Waals surface area (Å²) in [5.74, 6) is 0.0480. The van der Waals surface area contributed by atoms with Crippen molar-refractivity contribution in [2.24, 2.45) is 5.92 Å². The van der Waals surface area contributed by atoms with Crippen LogP contribution in [0.5, 0.6) is 0 Å². The smallest absolute Gasteiger partial charge is 0.227 e. The quantitative estimate of drug-likeness (QED) is 0.915. The maximum Gasteiger partial charge on any atom is 0.227 e. The first-order chi connectivity index (χ1) is 9.75. The molecule has 2 aliphatic rings. The number of carbonyl (C=O) groups is 1. The van der Waals surface area contributed by atoms with Crippen LogP contribution in [0.3, 0.4) is 0 Å². The van der Waals surface area contributed by atoms with Crippen LogP contribution < -0.4 is 5.32 Å². The Morgan fingerprint density at radius 3 is 2.75 bits per heavy atom. The van der Waals surface area contributed by atoms with Crippen molar-refractivity contribution in [1.82, 2.24) is 10.2 Å². The molecule has 1 aliphatic heterocycles. The number of carbonyl (C=O) groups excluding carboxylic acids is 1. The third-order valence-electron chi connectivity index (χ3n) is 4.22. The van der Waals surface area contributed by atoms with E-state index in [1.165, 1.54) is 6.07 Å². The summed E-state index contributed by atoms with van der Waals surface area (Å²) < 4.78 is 13.8. The van der Waals surface area contributed by atoms with Gasteiger partial charge in [-0.05, 0) is 38.3 Å². The highest BCUT2D eigenvalue weighted by Crippen LogP contribution is 2.31. The molecule has 0 unspecified atom stereocenters. The zero-order valence-electron chi connectivity index (χ0n) is 11.6. The first-order valence-corrected chi connectivity index (χ1v) is 7.50. The SMILES string of the molecule is O=C([C@H]1CCCNC1)N(Cc1ccccc1F)C1CC1. The van der Waals surface area contributed by atoms with E-state index in [0.29, 0.717) is 18.2 Å². The third-order valence-corrected chi connectivity index (χ3v) is 4.22. The topological polar surface area (TPSA) is 32.3 Å². The summed E-state index contributed by atoms with van der Waals surface area (Å²) >= 11 is 0. The molecule has 4 heteroatoms. The molecule has 1 atom stereocenters. The molecule has 0 aromatic heterocycles. The fourth-order valence-corrected chi connectivity index (χ4v) is 2.88. The van der Waals surface area contributed by atoms with Gasteiger partial charge in [0.05, 0.1) is 5.92 Å². The average Bonchev–Trinajstić information content (AvgIpc) is 3.31. The fourth-order valence-electron chi connectivity index (χ4n) is 2.88. The van der Waals surface area contributed by atoms with Crippen LogP contribution in [0, 0.1) is 11.7 Å². The monoisotopic (exact) mass is 276 g/mol. The minimum absolute atomic E-state index is 0.0659. The molecule has 3 rings (SSSR count). The summed E-state index contributed by atoms with van der Waals surface area (Å²) in [6.45, 7) is 2.17. The van der Waals surface area contributed by atoms with E-state index >= 15 is 0 Å². The molecule has 0 radical (unpaired) electrons. The van der Waals surface area contributed by atoms with E-state index < -0.39 is 0 Å². The molecule has 1 saturated carbocycles. The van der Waals surface area contributed by atoms with Crippen molar-refractivity contribution in [3.63, 3.8) is 0 Å². The molecule has 20 heavy (non-hydrogen) atoms. The van der Waals surface area contributed by atoms with Gasteiger partial charge >= 0.3 is 0 Å². The minimum atomic E-state index is -0.215. The Morgan fingerprint density at radius 1 is 1.30 bits per heavy atom. The second-order valence-electron chi connectivity index (χ2n) is 5.83.